The van der Waals surface area contributed by atoms with Crippen molar-refractivity contribution in [2.45, 2.75) is 13.0 Å². The van der Waals surface area contributed by atoms with E-state index in [9.17, 15) is 4.79 Å². The lowest BCUT2D eigenvalue weighted by molar-refractivity contribution is 0.0932. The molecule has 0 bridgehead atoms. The summed E-state index contributed by atoms with van der Waals surface area (Å²) >= 11 is 0. The van der Waals surface area contributed by atoms with Crippen LogP contribution in [-0.4, -0.2) is 11.8 Å². The summed E-state index contributed by atoms with van der Waals surface area (Å²) in [6.07, 6.45) is 4.03. The van der Waals surface area contributed by atoms with Crippen LogP contribution in [0.3, 0.4) is 0 Å². The second kappa shape index (κ2) is 5.33. The second-order valence-corrected chi connectivity index (χ2v) is 5.14. The maximum absolute atomic E-state index is 12.6. The van der Waals surface area contributed by atoms with Crippen LogP contribution < -0.4 is 5.32 Å². The van der Waals surface area contributed by atoms with Crippen LogP contribution in [0.1, 0.15) is 22.8 Å². The van der Waals surface area contributed by atoms with Gasteiger partial charge in [-0.15, -0.1) is 0 Å². The Morgan fingerprint density at radius 3 is 2.50 bits per heavy atom. The fourth-order valence-corrected chi connectivity index (χ4v) is 2.60. The molecule has 0 aliphatic carbocycles. The number of hydrogen-bond donors (Lipinski definition) is 1. The smallest absolute Gasteiger partial charge is 0.173 e. The van der Waals surface area contributed by atoms with Gasteiger partial charge in [-0.3, -0.25) is 4.79 Å². The van der Waals surface area contributed by atoms with E-state index in [1.165, 1.54) is 0 Å². The Labute approximate surface area is 119 Å². The fourth-order valence-electron chi connectivity index (χ4n) is 2.60. The van der Waals surface area contributed by atoms with Crippen LogP contribution in [-0.2, 0) is 0 Å². The zero-order valence-corrected chi connectivity index (χ0v) is 11.4. The van der Waals surface area contributed by atoms with Crippen LogP contribution >= 0.6 is 0 Å². The molecule has 20 heavy (non-hydrogen) atoms. The summed E-state index contributed by atoms with van der Waals surface area (Å²) in [6, 6.07) is 17.9. The zero-order chi connectivity index (χ0) is 13.9. The number of rotatable bonds is 2. The lowest BCUT2D eigenvalue weighted by Gasteiger charge is -2.29. The van der Waals surface area contributed by atoms with Crippen LogP contribution in [0.5, 0.6) is 0 Å². The van der Waals surface area contributed by atoms with Crippen molar-refractivity contribution in [2.75, 3.05) is 5.32 Å². The first kappa shape index (κ1) is 12.7. The van der Waals surface area contributed by atoms with Crippen molar-refractivity contribution in [1.29, 1.82) is 0 Å². The summed E-state index contributed by atoms with van der Waals surface area (Å²) < 4.78 is 0. The van der Waals surface area contributed by atoms with E-state index < -0.39 is 0 Å². The first-order valence-electron chi connectivity index (χ1n) is 6.89. The van der Waals surface area contributed by atoms with Gasteiger partial charge in [0.05, 0.1) is 5.92 Å². The molecule has 2 heteroatoms. The average molecular weight is 263 g/mol. The van der Waals surface area contributed by atoms with Crippen LogP contribution in [0.4, 0.5) is 5.69 Å². The number of fused-ring (bicyclic) bond motifs is 1. The molecule has 0 fully saturated rings. The van der Waals surface area contributed by atoms with Gasteiger partial charge in [0.25, 0.3) is 0 Å². The minimum Gasteiger partial charge on any atom is -0.381 e. The molecule has 2 aromatic carbocycles. The van der Waals surface area contributed by atoms with E-state index in [0.717, 1.165) is 16.8 Å². The molecule has 1 aliphatic rings. The molecule has 1 heterocycles. The van der Waals surface area contributed by atoms with E-state index in [-0.39, 0.29) is 17.7 Å². The highest BCUT2D eigenvalue weighted by molar-refractivity contribution is 6.06. The molecular formula is C18H17NO. The van der Waals surface area contributed by atoms with Gasteiger partial charge in [-0.25, -0.2) is 0 Å². The van der Waals surface area contributed by atoms with Crippen LogP contribution in [0.25, 0.3) is 6.08 Å². The van der Waals surface area contributed by atoms with Crippen LogP contribution in [0.15, 0.2) is 60.7 Å². The summed E-state index contributed by atoms with van der Waals surface area (Å²) in [4.78, 5) is 12.6. The molecule has 0 aromatic heterocycles. The number of para-hydroxylation sites is 1. The molecule has 0 saturated heterocycles. The SMILES string of the molecule is CC1Nc2ccccc2C(=O)C1/C=C/c1ccccc1. The second-order valence-electron chi connectivity index (χ2n) is 5.14. The van der Waals surface area contributed by atoms with Gasteiger partial charge in [0.15, 0.2) is 5.78 Å². The minimum absolute atomic E-state index is 0.109. The molecule has 3 rings (SSSR count). The van der Waals surface area contributed by atoms with Gasteiger partial charge in [-0.1, -0.05) is 54.6 Å². The molecule has 2 nitrogen and oxygen atoms in total. The van der Waals surface area contributed by atoms with E-state index >= 15 is 0 Å². The van der Waals surface area contributed by atoms with Gasteiger partial charge in [-0.2, -0.15) is 0 Å². The van der Waals surface area contributed by atoms with E-state index in [1.807, 2.05) is 73.7 Å². The third-order valence-electron chi connectivity index (χ3n) is 3.71. The van der Waals surface area contributed by atoms with Crippen LogP contribution in [0.2, 0.25) is 0 Å². The quantitative estimate of drug-likeness (QED) is 0.887. The molecular weight excluding hydrogens is 246 g/mol. The summed E-state index contributed by atoms with van der Waals surface area (Å²) in [5.41, 5.74) is 2.84. The number of benzene rings is 2. The first-order chi connectivity index (χ1) is 9.75. The highest BCUT2D eigenvalue weighted by Gasteiger charge is 2.30. The van der Waals surface area contributed by atoms with E-state index in [4.69, 9.17) is 0 Å². The summed E-state index contributed by atoms with van der Waals surface area (Å²) in [5, 5.41) is 3.40. The van der Waals surface area contributed by atoms with Crippen molar-refractivity contribution < 1.29 is 4.79 Å². The molecule has 1 aliphatic heterocycles. The van der Waals surface area contributed by atoms with Gasteiger partial charge in [0.1, 0.15) is 0 Å². The number of carbonyl (C=O) groups is 1. The number of nitrogens with one attached hydrogen (secondary N) is 1. The summed E-state index contributed by atoms with van der Waals surface area (Å²) in [5.74, 6) is 0.0733. The molecule has 1 N–H and O–H groups in total. The molecule has 0 radical (unpaired) electrons. The third kappa shape index (κ3) is 2.37. The highest BCUT2D eigenvalue weighted by atomic mass is 16.1. The Morgan fingerprint density at radius 1 is 1.00 bits per heavy atom. The Morgan fingerprint density at radius 2 is 1.70 bits per heavy atom. The maximum atomic E-state index is 12.6. The predicted molar refractivity (Wildman–Crippen MR) is 82.8 cm³/mol. The van der Waals surface area contributed by atoms with Crippen molar-refractivity contribution >= 4 is 17.5 Å². The summed E-state index contributed by atoms with van der Waals surface area (Å²) in [6.45, 7) is 2.05. The zero-order valence-electron chi connectivity index (χ0n) is 11.4. The largest absolute Gasteiger partial charge is 0.381 e. The van der Waals surface area contributed by atoms with Gasteiger partial charge in [0, 0.05) is 17.3 Å². The average Bonchev–Trinajstić information content (AvgIpc) is 2.48. The standard InChI is InChI=1S/C18H17NO/c1-13-15(12-11-14-7-3-2-4-8-14)18(20)16-9-5-6-10-17(16)19-13/h2-13,15,19H,1H3/b12-11+. The van der Waals surface area contributed by atoms with Crippen molar-refractivity contribution in [2.24, 2.45) is 5.92 Å². The lowest BCUT2D eigenvalue weighted by Crippen LogP contribution is -2.36. The molecule has 2 atom stereocenters. The minimum atomic E-state index is -0.120. The Kier molecular flexibility index (Phi) is 3.38. The Balaban J connectivity index is 1.88. The van der Waals surface area contributed by atoms with Crippen molar-refractivity contribution in [3.05, 3.63) is 71.8 Å². The van der Waals surface area contributed by atoms with Crippen LogP contribution in [0, 0.1) is 5.92 Å². The molecule has 100 valence electrons. The Bertz CT molecular complexity index is 645. The third-order valence-corrected chi connectivity index (χ3v) is 3.71. The molecule has 2 aromatic rings. The fraction of sp³-hybridized carbons (Fsp3) is 0.167. The number of ketones is 1. The molecule has 0 spiro atoms. The van der Waals surface area contributed by atoms with E-state index in [0.29, 0.717) is 0 Å². The number of hydrogen-bond acceptors (Lipinski definition) is 2. The van der Waals surface area contributed by atoms with Crippen molar-refractivity contribution in [1.82, 2.24) is 0 Å². The van der Waals surface area contributed by atoms with Crippen molar-refractivity contribution in [3.8, 4) is 0 Å². The highest BCUT2D eigenvalue weighted by Crippen LogP contribution is 2.29. The predicted octanol–water partition coefficient (Wildman–Crippen LogP) is 4.01. The molecule has 2 unspecified atom stereocenters. The summed E-state index contributed by atoms with van der Waals surface area (Å²) in [7, 11) is 0. The van der Waals surface area contributed by atoms with E-state index in [1.54, 1.807) is 0 Å². The van der Waals surface area contributed by atoms with Gasteiger partial charge >= 0.3 is 0 Å². The number of Topliss-reactive ketones (excluding diaryl/α,β-unsaturated/α-hetero) is 1. The first-order valence-corrected chi connectivity index (χ1v) is 6.89. The molecule has 0 amide bonds. The monoisotopic (exact) mass is 263 g/mol. The normalized spacial score (nSPS) is 21.6. The van der Waals surface area contributed by atoms with Crippen molar-refractivity contribution in [3.63, 3.8) is 0 Å². The Hall–Kier alpha value is -2.35. The number of anilines is 1. The number of carbonyl (C=O) groups excluding carboxylic acids is 1. The van der Waals surface area contributed by atoms with Gasteiger partial charge < -0.3 is 5.32 Å². The molecule has 0 saturated carbocycles. The maximum Gasteiger partial charge on any atom is 0.173 e. The van der Waals surface area contributed by atoms with E-state index in [2.05, 4.69) is 5.32 Å². The van der Waals surface area contributed by atoms with Gasteiger partial charge in [0.2, 0.25) is 0 Å². The van der Waals surface area contributed by atoms with Gasteiger partial charge in [-0.05, 0) is 24.6 Å². The topological polar surface area (TPSA) is 29.1 Å². The lowest BCUT2D eigenvalue weighted by atomic mass is 9.86.